The third-order valence-corrected chi connectivity index (χ3v) is 9.21. The monoisotopic (exact) mass is 552 g/mol. The molecule has 3 atom stereocenters. The Hall–Kier alpha value is -3.38. The molecule has 5 aliphatic heterocycles. The van der Waals surface area contributed by atoms with Crippen LogP contribution in [0.2, 0.25) is 0 Å². The van der Waals surface area contributed by atoms with Crippen LogP contribution in [0.3, 0.4) is 0 Å². The van der Waals surface area contributed by atoms with Gasteiger partial charge in [0.05, 0.1) is 36.5 Å². The summed E-state index contributed by atoms with van der Waals surface area (Å²) in [6, 6.07) is 7.82. The molecule has 0 aliphatic carbocycles. The van der Waals surface area contributed by atoms with Gasteiger partial charge in [0.15, 0.2) is 23.1 Å². The number of hydrazine groups is 1. The van der Waals surface area contributed by atoms with E-state index in [1.165, 1.54) is 17.3 Å². The van der Waals surface area contributed by atoms with Gasteiger partial charge in [0, 0.05) is 23.7 Å². The lowest BCUT2D eigenvalue weighted by Crippen LogP contribution is -2.67. The zero-order valence-electron chi connectivity index (χ0n) is 21.3. The Bertz CT molecular complexity index is 1530. The lowest BCUT2D eigenvalue weighted by molar-refractivity contribution is -0.190. The number of carbonyl (C=O) groups is 1. The molecule has 2 N–H and O–H groups in total. The van der Waals surface area contributed by atoms with Gasteiger partial charge < -0.3 is 24.7 Å². The standard InChI is InChI=1S/C28H26F2N4O4S/c1-28(2)17-5-3-4-15-22(14-6-7-18(29)21(30)16(14)12-32(23(15)17)27(28)39)34-20-13-38-11-10-31(20)26(37)24-25(36)19(35)8-9-33(24)34/h3-9,19-20,22,35-36H,10-13H2,1-2H3/t19?,20-,22+/m1/s1. The average molecular weight is 553 g/mol. The highest BCUT2D eigenvalue weighted by Gasteiger charge is 2.53. The number of rotatable bonds is 1. The van der Waals surface area contributed by atoms with Crippen molar-refractivity contribution in [2.45, 2.75) is 44.1 Å². The molecule has 7 rings (SSSR count). The molecule has 202 valence electrons. The fourth-order valence-electron chi connectivity index (χ4n) is 6.54. The molecule has 5 heterocycles. The molecule has 0 bridgehead atoms. The fraction of sp³-hybridized carbons (Fsp3) is 0.357. The van der Waals surface area contributed by atoms with Crippen molar-refractivity contribution in [3.63, 3.8) is 0 Å². The van der Waals surface area contributed by atoms with Gasteiger partial charge in [-0.05, 0) is 42.7 Å². The van der Waals surface area contributed by atoms with Crippen molar-refractivity contribution < 1.29 is 28.5 Å². The van der Waals surface area contributed by atoms with Crippen LogP contribution in [-0.2, 0) is 21.5 Å². The number of halogens is 2. The van der Waals surface area contributed by atoms with Gasteiger partial charge in [-0.2, -0.15) is 5.01 Å². The number of benzene rings is 2. The summed E-state index contributed by atoms with van der Waals surface area (Å²) in [5, 5.41) is 24.6. The van der Waals surface area contributed by atoms with Gasteiger partial charge in [-0.1, -0.05) is 36.5 Å². The van der Waals surface area contributed by atoms with Crippen molar-refractivity contribution in [1.29, 1.82) is 0 Å². The van der Waals surface area contributed by atoms with E-state index in [9.17, 15) is 19.4 Å². The van der Waals surface area contributed by atoms with E-state index < -0.39 is 47.0 Å². The maximum atomic E-state index is 15.7. The summed E-state index contributed by atoms with van der Waals surface area (Å²) in [7, 11) is 0. The number of amides is 1. The summed E-state index contributed by atoms with van der Waals surface area (Å²) in [6.45, 7) is 4.80. The van der Waals surface area contributed by atoms with E-state index >= 15 is 4.39 Å². The summed E-state index contributed by atoms with van der Waals surface area (Å²) in [5.74, 6) is -2.83. The van der Waals surface area contributed by atoms with Crippen molar-refractivity contribution in [1.82, 2.24) is 14.9 Å². The minimum atomic E-state index is -1.35. The van der Waals surface area contributed by atoms with Gasteiger partial charge in [-0.3, -0.25) is 9.80 Å². The van der Waals surface area contributed by atoms with Crippen molar-refractivity contribution >= 4 is 28.8 Å². The van der Waals surface area contributed by atoms with E-state index in [-0.39, 0.29) is 31.0 Å². The first-order chi connectivity index (χ1) is 18.6. The highest BCUT2D eigenvalue weighted by atomic mass is 32.1. The number of hydrogen-bond donors (Lipinski definition) is 2. The summed E-state index contributed by atoms with van der Waals surface area (Å²) in [5.41, 5.74) is 2.65. The van der Waals surface area contributed by atoms with Crippen molar-refractivity contribution in [2.75, 3.05) is 24.7 Å². The highest BCUT2D eigenvalue weighted by Crippen LogP contribution is 2.53. The first kappa shape index (κ1) is 24.6. The number of anilines is 1. The molecule has 2 saturated heterocycles. The van der Waals surface area contributed by atoms with Crippen molar-refractivity contribution in [2.24, 2.45) is 0 Å². The van der Waals surface area contributed by atoms with Gasteiger partial charge in [-0.15, -0.1) is 0 Å². The maximum Gasteiger partial charge on any atom is 0.277 e. The molecular weight excluding hydrogens is 526 g/mol. The smallest absolute Gasteiger partial charge is 0.277 e. The first-order valence-electron chi connectivity index (χ1n) is 12.8. The minimum absolute atomic E-state index is 0.0435. The second-order valence-corrected chi connectivity index (χ2v) is 11.3. The number of ether oxygens (including phenoxy) is 1. The molecule has 2 aromatic carbocycles. The minimum Gasteiger partial charge on any atom is -0.507 e. The van der Waals surface area contributed by atoms with Crippen LogP contribution >= 0.6 is 12.2 Å². The molecular formula is C28H26F2N4O4S. The zero-order chi connectivity index (χ0) is 27.4. The molecule has 0 spiro atoms. The van der Waals surface area contributed by atoms with Crippen LogP contribution in [0.1, 0.15) is 42.1 Å². The van der Waals surface area contributed by atoms with E-state index in [0.29, 0.717) is 17.2 Å². The number of hydrogen-bond acceptors (Lipinski definition) is 7. The van der Waals surface area contributed by atoms with Crippen LogP contribution in [0.5, 0.6) is 0 Å². The van der Waals surface area contributed by atoms with Crippen LogP contribution in [0.15, 0.2) is 54.1 Å². The molecule has 1 amide bonds. The SMILES string of the molecule is CC1(C)C(=S)N2Cc3c(ccc(F)c3F)[C@H](N3[C@@H]4COCCN4C(=O)C4=C(O)C(O)C=CN43)c3cccc1c32. The molecule has 0 aromatic heterocycles. The Labute approximate surface area is 228 Å². The normalized spacial score (nSPS) is 27.3. The average Bonchev–Trinajstić information content (AvgIpc) is 3.03. The van der Waals surface area contributed by atoms with E-state index in [2.05, 4.69) is 0 Å². The third kappa shape index (κ3) is 3.18. The molecule has 0 radical (unpaired) electrons. The molecule has 8 nitrogen and oxygen atoms in total. The summed E-state index contributed by atoms with van der Waals surface area (Å²) in [6.07, 6.45) is 0.935. The largest absolute Gasteiger partial charge is 0.507 e. The summed E-state index contributed by atoms with van der Waals surface area (Å²) in [4.78, 5) is 17.7. The van der Waals surface area contributed by atoms with E-state index in [4.69, 9.17) is 17.0 Å². The number of fused-ring (bicyclic) bond motifs is 3. The van der Waals surface area contributed by atoms with Gasteiger partial charge in [0.1, 0.15) is 12.3 Å². The highest BCUT2D eigenvalue weighted by molar-refractivity contribution is 7.80. The maximum absolute atomic E-state index is 15.7. The van der Waals surface area contributed by atoms with E-state index in [0.717, 1.165) is 22.9 Å². The van der Waals surface area contributed by atoms with Gasteiger partial charge in [-0.25, -0.2) is 8.78 Å². The van der Waals surface area contributed by atoms with Crippen LogP contribution < -0.4 is 4.90 Å². The van der Waals surface area contributed by atoms with E-state index in [1.54, 1.807) is 11.0 Å². The number of nitrogens with zero attached hydrogens (tertiary/aromatic N) is 4. The summed E-state index contributed by atoms with van der Waals surface area (Å²) < 4.78 is 36.2. The van der Waals surface area contributed by atoms with Crippen LogP contribution in [-0.4, -0.2) is 68.1 Å². The molecule has 11 heteroatoms. The van der Waals surface area contributed by atoms with Gasteiger partial charge in [0.25, 0.3) is 5.91 Å². The quantitative estimate of drug-likeness (QED) is 0.522. The van der Waals surface area contributed by atoms with Crippen LogP contribution in [0.25, 0.3) is 0 Å². The molecule has 39 heavy (non-hydrogen) atoms. The Morgan fingerprint density at radius 3 is 2.74 bits per heavy atom. The predicted molar refractivity (Wildman–Crippen MR) is 141 cm³/mol. The number of carbonyl (C=O) groups excluding carboxylic acids is 1. The van der Waals surface area contributed by atoms with Crippen molar-refractivity contribution in [3.8, 4) is 0 Å². The third-order valence-electron chi connectivity index (χ3n) is 8.47. The fourth-order valence-corrected chi connectivity index (χ4v) is 6.80. The van der Waals surface area contributed by atoms with Crippen molar-refractivity contribution in [3.05, 3.63) is 88.0 Å². The molecule has 1 unspecified atom stereocenters. The molecule has 2 fully saturated rings. The zero-order valence-corrected chi connectivity index (χ0v) is 22.1. The lowest BCUT2D eigenvalue weighted by atomic mass is 9.83. The topological polar surface area (TPSA) is 79.7 Å². The van der Waals surface area contributed by atoms with Gasteiger partial charge in [0.2, 0.25) is 0 Å². The summed E-state index contributed by atoms with van der Waals surface area (Å²) >= 11 is 5.90. The number of aliphatic hydroxyl groups excluding tert-OH is 2. The van der Waals surface area contributed by atoms with Crippen LogP contribution in [0, 0.1) is 11.6 Å². The molecule has 0 saturated carbocycles. The second-order valence-electron chi connectivity index (χ2n) is 10.9. The predicted octanol–water partition coefficient (Wildman–Crippen LogP) is 3.37. The number of morpholine rings is 1. The Kier molecular flexibility index (Phi) is 5.25. The van der Waals surface area contributed by atoms with Crippen LogP contribution in [0.4, 0.5) is 14.5 Å². The Morgan fingerprint density at radius 2 is 1.95 bits per heavy atom. The molecule has 2 aromatic rings. The number of para-hydroxylation sites is 1. The Balaban J connectivity index is 1.54. The Morgan fingerprint density at radius 1 is 1.15 bits per heavy atom. The van der Waals surface area contributed by atoms with E-state index in [1.807, 2.05) is 42.0 Å². The second kappa shape index (κ2) is 8.31. The van der Waals surface area contributed by atoms with Gasteiger partial charge >= 0.3 is 0 Å². The first-order valence-corrected chi connectivity index (χ1v) is 13.2. The number of thiocarbonyl (C=S) groups is 1. The number of aliphatic hydroxyl groups is 2. The molecule has 5 aliphatic rings. The lowest BCUT2D eigenvalue weighted by Gasteiger charge is -2.55.